The number of benzene rings is 2. The number of carboxylic acid groups (broad SMARTS) is 1. The molecule has 0 radical (unpaired) electrons. The molecule has 112 valence electrons. The van der Waals surface area contributed by atoms with Crippen molar-refractivity contribution in [3.63, 3.8) is 0 Å². The van der Waals surface area contributed by atoms with E-state index in [-0.39, 0.29) is 0 Å². The lowest BCUT2D eigenvalue weighted by molar-refractivity contribution is -0.133. The van der Waals surface area contributed by atoms with E-state index in [9.17, 15) is 14.2 Å². The molecule has 0 spiro atoms. The maximum Gasteiger partial charge on any atom is 0.336 e. The second-order valence-corrected chi connectivity index (χ2v) is 6.62. The highest BCUT2D eigenvalue weighted by atomic mass is 31.2. The summed E-state index contributed by atoms with van der Waals surface area (Å²) in [5, 5.41) is 9.25. The fourth-order valence-corrected chi connectivity index (χ4v) is 3.75. The molecule has 2 rings (SSSR count). The van der Waals surface area contributed by atoms with E-state index in [1.165, 1.54) is 0 Å². The minimum absolute atomic E-state index is 0.360. The van der Waals surface area contributed by atoms with Crippen molar-refractivity contribution < 1.29 is 23.8 Å². The maximum absolute atomic E-state index is 13.2. The monoisotopic (exact) mass is 316 g/mol. The Kier molecular flexibility index (Phi) is 4.92. The molecular formula is C16H13O5P. The molecule has 0 aliphatic rings. The second-order valence-electron chi connectivity index (χ2n) is 4.30. The summed E-state index contributed by atoms with van der Waals surface area (Å²) in [4.78, 5) is 22.2. The van der Waals surface area contributed by atoms with Gasteiger partial charge in [0.1, 0.15) is 0 Å². The Hall–Kier alpha value is -2.65. The highest BCUT2D eigenvalue weighted by Crippen LogP contribution is 2.44. The van der Waals surface area contributed by atoms with Gasteiger partial charge in [-0.2, -0.15) is 0 Å². The van der Waals surface area contributed by atoms with E-state index in [1.807, 2.05) is 0 Å². The van der Waals surface area contributed by atoms with E-state index < -0.39 is 19.3 Å². The Morgan fingerprint density at radius 1 is 0.864 bits per heavy atom. The standard InChI is InChI=1S/C16H13O5P/c17-15(18)11-12-16(19)21-22(20,13-7-3-1-4-8-13)14-9-5-2-6-10-14/h1-12H,(H,17,18)/b12-11+. The minimum Gasteiger partial charge on any atom is -0.478 e. The van der Waals surface area contributed by atoms with Gasteiger partial charge in [0, 0.05) is 12.2 Å². The SMILES string of the molecule is O=C(O)/C=C/C(=O)OP(=O)(c1ccccc1)c1ccccc1. The number of rotatable bonds is 5. The zero-order chi connectivity index (χ0) is 16.0. The van der Waals surface area contributed by atoms with Crippen molar-refractivity contribution in [2.75, 3.05) is 0 Å². The van der Waals surface area contributed by atoms with Gasteiger partial charge in [-0.1, -0.05) is 36.4 Å². The lowest BCUT2D eigenvalue weighted by Gasteiger charge is -2.18. The molecule has 2 aromatic carbocycles. The Morgan fingerprint density at radius 2 is 1.32 bits per heavy atom. The Labute approximate surface area is 127 Å². The fourth-order valence-electron chi connectivity index (χ4n) is 1.80. The lowest BCUT2D eigenvalue weighted by Crippen LogP contribution is -2.20. The van der Waals surface area contributed by atoms with Gasteiger partial charge in [0.25, 0.3) is 0 Å². The second kappa shape index (κ2) is 6.87. The zero-order valence-corrected chi connectivity index (χ0v) is 12.4. The molecule has 0 saturated carbocycles. The molecule has 6 heteroatoms. The predicted molar refractivity (Wildman–Crippen MR) is 82.6 cm³/mol. The summed E-state index contributed by atoms with van der Waals surface area (Å²) < 4.78 is 18.4. The van der Waals surface area contributed by atoms with Gasteiger partial charge in [-0.15, -0.1) is 0 Å². The Bertz CT molecular complexity index is 694. The van der Waals surface area contributed by atoms with E-state index >= 15 is 0 Å². The van der Waals surface area contributed by atoms with Crippen LogP contribution in [-0.4, -0.2) is 17.0 Å². The first-order chi connectivity index (χ1) is 10.5. The van der Waals surface area contributed by atoms with Crippen molar-refractivity contribution in [3.8, 4) is 0 Å². The van der Waals surface area contributed by atoms with Gasteiger partial charge < -0.3 is 9.63 Å². The minimum atomic E-state index is -3.63. The van der Waals surface area contributed by atoms with Crippen LogP contribution in [-0.2, 0) is 18.7 Å². The largest absolute Gasteiger partial charge is 0.478 e. The van der Waals surface area contributed by atoms with Gasteiger partial charge in [0.05, 0.1) is 10.6 Å². The van der Waals surface area contributed by atoms with Crippen molar-refractivity contribution in [2.45, 2.75) is 0 Å². The van der Waals surface area contributed by atoms with E-state index in [1.54, 1.807) is 60.7 Å². The zero-order valence-electron chi connectivity index (χ0n) is 11.5. The number of carbonyl (C=O) groups excluding carboxylic acids is 1. The van der Waals surface area contributed by atoms with E-state index in [2.05, 4.69) is 0 Å². The summed E-state index contributed by atoms with van der Waals surface area (Å²) in [5.74, 6) is -2.26. The average molecular weight is 316 g/mol. The van der Waals surface area contributed by atoms with E-state index in [0.29, 0.717) is 16.7 Å². The van der Waals surface area contributed by atoms with Crippen LogP contribution in [0.25, 0.3) is 0 Å². The van der Waals surface area contributed by atoms with Crippen LogP contribution in [0.5, 0.6) is 0 Å². The molecule has 5 nitrogen and oxygen atoms in total. The first-order valence-corrected chi connectivity index (χ1v) is 8.01. The summed E-state index contributed by atoms with van der Waals surface area (Å²) in [6, 6.07) is 16.7. The maximum atomic E-state index is 13.2. The molecule has 0 bridgehead atoms. The van der Waals surface area contributed by atoms with Gasteiger partial charge in [-0.25, -0.2) is 9.59 Å². The topological polar surface area (TPSA) is 80.7 Å². The summed E-state index contributed by atoms with van der Waals surface area (Å²) in [5.41, 5.74) is 0. The first kappa shape index (κ1) is 15.7. The van der Waals surface area contributed by atoms with Gasteiger partial charge >= 0.3 is 19.3 Å². The number of hydrogen-bond donors (Lipinski definition) is 1. The predicted octanol–water partition coefficient (Wildman–Crippen LogP) is 2.10. The van der Waals surface area contributed by atoms with Crippen LogP contribution in [0.4, 0.5) is 0 Å². The molecule has 0 aliphatic heterocycles. The molecule has 22 heavy (non-hydrogen) atoms. The number of carboxylic acids is 1. The molecule has 0 heterocycles. The van der Waals surface area contributed by atoms with Crippen molar-refractivity contribution in [1.82, 2.24) is 0 Å². The van der Waals surface area contributed by atoms with Crippen LogP contribution in [0.2, 0.25) is 0 Å². The van der Waals surface area contributed by atoms with Crippen LogP contribution >= 0.6 is 7.37 Å². The Balaban J connectivity index is 2.42. The van der Waals surface area contributed by atoms with Gasteiger partial charge in [-0.3, -0.25) is 4.57 Å². The summed E-state index contributed by atoms with van der Waals surface area (Å²) in [6.45, 7) is 0. The average Bonchev–Trinajstić information content (AvgIpc) is 2.54. The van der Waals surface area contributed by atoms with Gasteiger partial charge in [0.15, 0.2) is 0 Å². The van der Waals surface area contributed by atoms with E-state index in [4.69, 9.17) is 9.63 Å². The summed E-state index contributed by atoms with van der Waals surface area (Å²) >= 11 is 0. The van der Waals surface area contributed by atoms with Crippen molar-refractivity contribution in [2.24, 2.45) is 0 Å². The first-order valence-electron chi connectivity index (χ1n) is 6.38. The van der Waals surface area contributed by atoms with Crippen molar-refractivity contribution in [3.05, 3.63) is 72.8 Å². The highest BCUT2D eigenvalue weighted by Gasteiger charge is 2.31. The molecule has 0 unspecified atom stereocenters. The number of hydrogen-bond acceptors (Lipinski definition) is 4. The van der Waals surface area contributed by atoms with Crippen LogP contribution in [0.1, 0.15) is 0 Å². The molecule has 1 N–H and O–H groups in total. The molecule has 2 aromatic rings. The number of carbonyl (C=O) groups is 2. The summed E-state index contributed by atoms with van der Waals surface area (Å²) in [6.07, 6.45) is 1.38. The normalized spacial score (nSPS) is 11.3. The smallest absolute Gasteiger partial charge is 0.336 e. The Morgan fingerprint density at radius 3 is 1.73 bits per heavy atom. The molecular weight excluding hydrogens is 303 g/mol. The third-order valence-corrected chi connectivity index (χ3v) is 5.17. The van der Waals surface area contributed by atoms with E-state index in [0.717, 1.165) is 6.08 Å². The fraction of sp³-hybridized carbons (Fsp3) is 0. The molecule has 0 saturated heterocycles. The van der Waals surface area contributed by atoms with Gasteiger partial charge in [-0.05, 0) is 24.3 Å². The van der Waals surface area contributed by atoms with Crippen molar-refractivity contribution in [1.29, 1.82) is 0 Å². The van der Waals surface area contributed by atoms with Crippen LogP contribution in [0, 0.1) is 0 Å². The van der Waals surface area contributed by atoms with Crippen molar-refractivity contribution >= 4 is 29.9 Å². The quantitative estimate of drug-likeness (QED) is 0.675. The summed E-state index contributed by atoms with van der Waals surface area (Å²) in [7, 11) is -3.63. The molecule has 0 amide bonds. The third kappa shape index (κ3) is 3.71. The van der Waals surface area contributed by atoms with Crippen LogP contribution in [0.3, 0.4) is 0 Å². The lowest BCUT2D eigenvalue weighted by atomic mass is 10.4. The molecule has 0 fully saturated rings. The molecule has 0 aliphatic carbocycles. The van der Waals surface area contributed by atoms with Gasteiger partial charge in [0.2, 0.25) is 0 Å². The van der Waals surface area contributed by atoms with Crippen LogP contribution in [0.15, 0.2) is 72.8 Å². The highest BCUT2D eigenvalue weighted by molar-refractivity contribution is 7.74. The van der Waals surface area contributed by atoms with Crippen LogP contribution < -0.4 is 10.6 Å². The number of aliphatic carboxylic acids is 1. The third-order valence-electron chi connectivity index (χ3n) is 2.77. The molecule has 0 aromatic heterocycles. The molecule has 0 atom stereocenters.